The van der Waals surface area contributed by atoms with Gasteiger partial charge in [0.2, 0.25) is 0 Å². The van der Waals surface area contributed by atoms with Gasteiger partial charge in [-0.05, 0) is 44.2 Å². The van der Waals surface area contributed by atoms with Crippen LogP contribution in [0.3, 0.4) is 0 Å². The van der Waals surface area contributed by atoms with Crippen LogP contribution in [-0.2, 0) is 5.54 Å². The molecule has 0 radical (unpaired) electrons. The highest BCUT2D eigenvalue weighted by Gasteiger charge is 2.57. The molecule has 0 unspecified atom stereocenters. The zero-order valence-electron chi connectivity index (χ0n) is 19.9. The van der Waals surface area contributed by atoms with E-state index in [1.165, 1.54) is 18.8 Å². The van der Waals surface area contributed by atoms with Crippen molar-refractivity contribution in [2.75, 3.05) is 5.73 Å². The normalized spacial score (nSPS) is 22.5. The van der Waals surface area contributed by atoms with Crippen LogP contribution in [0.5, 0.6) is 0 Å². The van der Waals surface area contributed by atoms with Crippen molar-refractivity contribution in [2.24, 2.45) is 0 Å². The van der Waals surface area contributed by atoms with Crippen molar-refractivity contribution in [1.29, 1.82) is 0 Å². The number of carbonyl (C=O) groups is 1. The highest BCUT2D eigenvalue weighted by molar-refractivity contribution is 6.04. The number of amides is 1. The molecule has 2 saturated carbocycles. The molecule has 0 spiro atoms. The van der Waals surface area contributed by atoms with E-state index in [-0.39, 0.29) is 22.9 Å². The van der Waals surface area contributed by atoms with E-state index >= 15 is 0 Å². The maximum Gasteiger partial charge on any atom is 0.307 e. The van der Waals surface area contributed by atoms with Gasteiger partial charge >= 0.3 is 5.91 Å². The number of fused-ring (bicyclic) bond motifs is 4. The van der Waals surface area contributed by atoms with Gasteiger partial charge in [-0.15, -0.1) is 6.42 Å². The Balaban J connectivity index is 1.38. The molecule has 4 heterocycles. The summed E-state index contributed by atoms with van der Waals surface area (Å²) in [6.07, 6.45) is 16.4. The predicted octanol–water partition coefficient (Wildman–Crippen LogP) is 4.04. The highest BCUT2D eigenvalue weighted by atomic mass is 16.3. The Labute approximate surface area is 212 Å². The minimum absolute atomic E-state index is 0.0705. The Bertz CT molecular complexity index is 1740. The van der Waals surface area contributed by atoms with Gasteiger partial charge in [-0.1, -0.05) is 24.1 Å². The zero-order chi connectivity index (χ0) is 25.2. The number of nitrogen functional groups attached to an aromatic ring is 1. The molecule has 3 N–H and O–H groups in total. The highest BCUT2D eigenvalue weighted by Crippen LogP contribution is 2.57. The molecule has 5 aromatic rings. The molecule has 0 saturated heterocycles. The number of rotatable bonds is 4. The van der Waals surface area contributed by atoms with Crippen LogP contribution in [0.25, 0.3) is 33.1 Å². The van der Waals surface area contributed by atoms with E-state index in [2.05, 4.69) is 41.8 Å². The van der Waals surface area contributed by atoms with Crippen molar-refractivity contribution in [3.63, 3.8) is 0 Å². The number of benzene rings is 1. The maximum absolute atomic E-state index is 12.8. The summed E-state index contributed by atoms with van der Waals surface area (Å²) in [5.41, 5.74) is 9.78. The Morgan fingerprint density at radius 2 is 1.97 bits per heavy atom. The molecule has 2 aliphatic carbocycles. The van der Waals surface area contributed by atoms with Crippen LogP contribution in [-0.4, -0.2) is 35.9 Å². The molecule has 9 nitrogen and oxygen atoms in total. The number of hydrogen-bond donors (Lipinski definition) is 2. The first kappa shape index (κ1) is 21.6. The lowest BCUT2D eigenvalue weighted by Gasteiger charge is -2.30. The van der Waals surface area contributed by atoms with Crippen LogP contribution >= 0.6 is 0 Å². The second-order valence-corrected chi connectivity index (χ2v) is 10.1. The van der Waals surface area contributed by atoms with E-state index in [1.54, 1.807) is 0 Å². The fourth-order valence-electron chi connectivity index (χ4n) is 6.50. The molecule has 2 fully saturated rings. The molecular formula is C28H23N7O2. The Morgan fingerprint density at radius 3 is 2.76 bits per heavy atom. The summed E-state index contributed by atoms with van der Waals surface area (Å²) in [4.78, 5) is 30.5. The summed E-state index contributed by atoms with van der Waals surface area (Å²) in [5.74, 6) is 3.10. The summed E-state index contributed by atoms with van der Waals surface area (Å²) >= 11 is 0. The van der Waals surface area contributed by atoms with Gasteiger partial charge in [0.1, 0.15) is 29.7 Å². The topological polar surface area (TPSA) is 125 Å². The van der Waals surface area contributed by atoms with Crippen molar-refractivity contribution >= 4 is 33.7 Å². The molecule has 7 rings (SSSR count). The summed E-state index contributed by atoms with van der Waals surface area (Å²) in [6.45, 7) is 0. The van der Waals surface area contributed by atoms with Gasteiger partial charge in [0, 0.05) is 33.8 Å². The first-order valence-corrected chi connectivity index (χ1v) is 12.2. The summed E-state index contributed by atoms with van der Waals surface area (Å²) in [5, 5.41) is 4.95. The molecule has 2 bridgehead atoms. The van der Waals surface area contributed by atoms with Gasteiger partial charge in [0.15, 0.2) is 0 Å². The van der Waals surface area contributed by atoms with Crippen LogP contribution in [0.4, 0.5) is 5.82 Å². The lowest BCUT2D eigenvalue weighted by Crippen LogP contribution is -2.45. The standard InChI is InChI=1S/C28H23N7O2/c1-2-20-21(18-13-17-5-3-4-6-19(17)31-14-18)22-23(29)32-16-33-24(22)35(20)28-9-7-27(15-28,8-10-28)34-25(36)26-30-11-12-37-26/h1,3-6,11-14,16H,7-10,15H2,(H,34,36)(H2,29,32,33). The minimum atomic E-state index is -0.364. The molecular weight excluding hydrogens is 466 g/mol. The van der Waals surface area contributed by atoms with Crippen LogP contribution in [0, 0.1) is 12.3 Å². The lowest BCUT2D eigenvalue weighted by atomic mass is 9.90. The van der Waals surface area contributed by atoms with Crippen molar-refractivity contribution in [3.05, 3.63) is 66.9 Å². The maximum atomic E-state index is 12.8. The molecule has 2 aliphatic rings. The number of aromatic nitrogens is 5. The van der Waals surface area contributed by atoms with Crippen molar-refractivity contribution in [1.82, 2.24) is 29.8 Å². The third kappa shape index (κ3) is 3.08. The van der Waals surface area contributed by atoms with E-state index in [0.29, 0.717) is 17.2 Å². The summed E-state index contributed by atoms with van der Waals surface area (Å²) in [6, 6.07) is 10.0. The Kier molecular flexibility index (Phi) is 4.45. The molecule has 182 valence electrons. The quantitative estimate of drug-likeness (QED) is 0.365. The van der Waals surface area contributed by atoms with Crippen LogP contribution in [0.2, 0.25) is 0 Å². The van der Waals surface area contributed by atoms with E-state index in [1.807, 2.05) is 30.5 Å². The molecule has 1 amide bonds. The van der Waals surface area contributed by atoms with E-state index in [9.17, 15) is 4.79 Å². The van der Waals surface area contributed by atoms with Crippen molar-refractivity contribution < 1.29 is 9.21 Å². The number of nitrogens with one attached hydrogen (secondary N) is 1. The third-order valence-electron chi connectivity index (χ3n) is 8.08. The molecule has 37 heavy (non-hydrogen) atoms. The third-order valence-corrected chi connectivity index (χ3v) is 8.08. The summed E-state index contributed by atoms with van der Waals surface area (Å²) in [7, 11) is 0. The largest absolute Gasteiger partial charge is 0.441 e. The number of pyridine rings is 1. The van der Waals surface area contributed by atoms with Crippen LogP contribution in [0.1, 0.15) is 48.5 Å². The first-order valence-electron chi connectivity index (χ1n) is 12.2. The fourth-order valence-corrected chi connectivity index (χ4v) is 6.50. The molecule has 0 atom stereocenters. The molecule has 4 aromatic heterocycles. The Morgan fingerprint density at radius 1 is 1.14 bits per heavy atom. The fraction of sp³-hybridized carbons (Fsp3) is 0.250. The van der Waals surface area contributed by atoms with Gasteiger partial charge < -0.3 is 20.0 Å². The second-order valence-electron chi connectivity index (χ2n) is 10.1. The van der Waals surface area contributed by atoms with E-state index in [4.69, 9.17) is 16.6 Å². The van der Waals surface area contributed by atoms with Crippen molar-refractivity contribution in [3.8, 4) is 23.5 Å². The SMILES string of the molecule is C#Cc1c(-c2cnc3ccccc3c2)c2c(N)ncnc2n1C12CCC(NC(=O)c3ncco3)(CC1)C2. The number of nitrogens with two attached hydrogens (primary N) is 1. The van der Waals surface area contributed by atoms with E-state index < -0.39 is 0 Å². The van der Waals surface area contributed by atoms with Crippen molar-refractivity contribution in [2.45, 2.75) is 43.2 Å². The minimum Gasteiger partial charge on any atom is -0.441 e. The number of carbonyl (C=O) groups excluding carboxylic acids is 1. The van der Waals surface area contributed by atoms with E-state index in [0.717, 1.165) is 59.5 Å². The molecule has 0 aliphatic heterocycles. The first-order chi connectivity index (χ1) is 18.0. The van der Waals surface area contributed by atoms with Gasteiger partial charge in [-0.25, -0.2) is 15.0 Å². The number of nitrogens with zero attached hydrogens (tertiary/aromatic N) is 5. The molecule has 9 heteroatoms. The number of terminal acetylenes is 1. The van der Waals surface area contributed by atoms with Gasteiger partial charge in [0.05, 0.1) is 17.1 Å². The Hall–Kier alpha value is -4.71. The van der Waals surface area contributed by atoms with Crippen LogP contribution in [0.15, 0.2) is 59.7 Å². The van der Waals surface area contributed by atoms with Gasteiger partial charge in [-0.3, -0.25) is 9.78 Å². The number of hydrogen-bond acceptors (Lipinski definition) is 7. The molecule has 1 aromatic carbocycles. The zero-order valence-corrected chi connectivity index (χ0v) is 19.9. The van der Waals surface area contributed by atoms with Gasteiger partial charge in [-0.2, -0.15) is 0 Å². The average molecular weight is 490 g/mol. The van der Waals surface area contributed by atoms with Gasteiger partial charge in [0.25, 0.3) is 5.89 Å². The smallest absolute Gasteiger partial charge is 0.307 e. The average Bonchev–Trinajstić information content (AvgIpc) is 3.70. The number of oxazole rings is 1. The number of para-hydroxylation sites is 1. The lowest BCUT2D eigenvalue weighted by molar-refractivity contribution is 0.0865. The predicted molar refractivity (Wildman–Crippen MR) is 138 cm³/mol. The monoisotopic (exact) mass is 489 g/mol. The number of anilines is 1. The second kappa shape index (κ2) is 7.64. The van der Waals surface area contributed by atoms with Crippen LogP contribution < -0.4 is 11.1 Å². The summed E-state index contributed by atoms with van der Waals surface area (Å²) < 4.78 is 7.39.